The fourth-order valence-electron chi connectivity index (χ4n) is 2.14. The van der Waals surface area contributed by atoms with E-state index in [0.717, 1.165) is 38.9 Å². The van der Waals surface area contributed by atoms with Crippen LogP contribution in [0.1, 0.15) is 39.0 Å². The average Bonchev–Trinajstić information content (AvgIpc) is 2.15. The molecular weight excluding hydrogens is 178 g/mol. The van der Waals surface area contributed by atoms with Crippen molar-refractivity contribution in [1.82, 2.24) is 5.32 Å². The van der Waals surface area contributed by atoms with Gasteiger partial charge < -0.3 is 10.1 Å². The van der Waals surface area contributed by atoms with Gasteiger partial charge in [0.25, 0.3) is 0 Å². The predicted octanol–water partition coefficient (Wildman–Crippen LogP) is 1.47. The van der Waals surface area contributed by atoms with E-state index in [0.29, 0.717) is 6.04 Å². The fourth-order valence-corrected chi connectivity index (χ4v) is 2.14. The van der Waals surface area contributed by atoms with Gasteiger partial charge in [0, 0.05) is 24.7 Å². The molecule has 1 aliphatic heterocycles. The van der Waals surface area contributed by atoms with Crippen molar-refractivity contribution in [2.45, 2.75) is 45.1 Å². The highest BCUT2D eigenvalue weighted by Gasteiger charge is 2.39. The zero-order valence-corrected chi connectivity index (χ0v) is 8.84. The summed E-state index contributed by atoms with van der Waals surface area (Å²) in [6.45, 7) is 3.66. The minimum atomic E-state index is -0.0572. The van der Waals surface area contributed by atoms with Gasteiger partial charge in [0.15, 0.2) is 0 Å². The summed E-state index contributed by atoms with van der Waals surface area (Å²) in [6, 6.07) is 0.355. The second kappa shape index (κ2) is 3.89. The second-order valence-electron chi connectivity index (χ2n) is 4.77. The van der Waals surface area contributed by atoms with E-state index in [1.54, 1.807) is 0 Å². The van der Waals surface area contributed by atoms with Crippen LogP contribution in [0.2, 0.25) is 0 Å². The van der Waals surface area contributed by atoms with Gasteiger partial charge in [0.1, 0.15) is 0 Å². The second-order valence-corrected chi connectivity index (χ2v) is 4.77. The van der Waals surface area contributed by atoms with E-state index in [1.165, 1.54) is 6.42 Å². The SMILES string of the molecule is CC1(C(=O)NC2CCOCC2)CCC1. The molecule has 1 aliphatic carbocycles. The average molecular weight is 197 g/mol. The van der Waals surface area contributed by atoms with Gasteiger partial charge in [0.2, 0.25) is 5.91 Å². The van der Waals surface area contributed by atoms with Crippen LogP contribution < -0.4 is 5.32 Å². The van der Waals surface area contributed by atoms with E-state index in [9.17, 15) is 4.79 Å². The van der Waals surface area contributed by atoms with Crippen LogP contribution in [0.3, 0.4) is 0 Å². The molecule has 14 heavy (non-hydrogen) atoms. The summed E-state index contributed by atoms with van der Waals surface area (Å²) in [6.07, 6.45) is 5.27. The maximum atomic E-state index is 11.9. The van der Waals surface area contributed by atoms with Crippen LogP contribution in [0, 0.1) is 5.41 Å². The Kier molecular flexibility index (Phi) is 2.77. The zero-order chi connectivity index (χ0) is 10.0. The van der Waals surface area contributed by atoms with Crippen LogP contribution in [0.5, 0.6) is 0 Å². The molecule has 2 rings (SSSR count). The molecule has 1 N–H and O–H groups in total. The van der Waals surface area contributed by atoms with Crippen molar-refractivity contribution in [3.05, 3.63) is 0 Å². The summed E-state index contributed by atoms with van der Waals surface area (Å²) >= 11 is 0. The molecule has 0 radical (unpaired) electrons. The highest BCUT2D eigenvalue weighted by atomic mass is 16.5. The number of amides is 1. The molecule has 0 spiro atoms. The molecule has 0 aromatic heterocycles. The quantitative estimate of drug-likeness (QED) is 0.728. The van der Waals surface area contributed by atoms with Crippen molar-refractivity contribution >= 4 is 5.91 Å². The maximum Gasteiger partial charge on any atom is 0.226 e. The zero-order valence-electron chi connectivity index (χ0n) is 8.84. The first-order valence-corrected chi connectivity index (χ1v) is 5.59. The first kappa shape index (κ1) is 9.97. The maximum absolute atomic E-state index is 11.9. The topological polar surface area (TPSA) is 38.3 Å². The lowest BCUT2D eigenvalue weighted by Gasteiger charge is -2.38. The molecule has 3 heteroatoms. The lowest BCUT2D eigenvalue weighted by Crippen LogP contribution is -2.48. The molecule has 1 saturated carbocycles. The number of ether oxygens (including phenoxy) is 1. The Morgan fingerprint density at radius 2 is 2.00 bits per heavy atom. The van der Waals surface area contributed by atoms with Gasteiger partial charge in [-0.2, -0.15) is 0 Å². The van der Waals surface area contributed by atoms with Crippen molar-refractivity contribution in [1.29, 1.82) is 0 Å². The number of rotatable bonds is 2. The fraction of sp³-hybridized carbons (Fsp3) is 0.909. The molecule has 0 atom stereocenters. The van der Waals surface area contributed by atoms with Crippen molar-refractivity contribution in [3.63, 3.8) is 0 Å². The lowest BCUT2D eigenvalue weighted by molar-refractivity contribution is -0.135. The third-order valence-electron chi connectivity index (χ3n) is 3.56. The lowest BCUT2D eigenvalue weighted by atomic mass is 9.69. The van der Waals surface area contributed by atoms with E-state index in [2.05, 4.69) is 12.2 Å². The molecule has 0 aromatic rings. The van der Waals surface area contributed by atoms with Crippen LogP contribution in [0.15, 0.2) is 0 Å². The number of nitrogens with one attached hydrogen (secondary N) is 1. The number of hydrogen-bond donors (Lipinski definition) is 1. The van der Waals surface area contributed by atoms with Gasteiger partial charge in [-0.15, -0.1) is 0 Å². The normalized spacial score (nSPS) is 26.6. The van der Waals surface area contributed by atoms with Gasteiger partial charge in [0.05, 0.1) is 0 Å². The predicted molar refractivity (Wildman–Crippen MR) is 53.9 cm³/mol. The Bertz CT molecular complexity index is 217. The minimum Gasteiger partial charge on any atom is -0.381 e. The summed E-state index contributed by atoms with van der Waals surface area (Å²) in [7, 11) is 0. The molecule has 1 amide bonds. The smallest absolute Gasteiger partial charge is 0.226 e. The molecule has 0 aromatic carbocycles. The molecule has 0 unspecified atom stereocenters. The Hall–Kier alpha value is -0.570. The standard InChI is InChI=1S/C11H19NO2/c1-11(5-2-6-11)10(13)12-9-3-7-14-8-4-9/h9H,2-8H2,1H3,(H,12,13). The van der Waals surface area contributed by atoms with E-state index >= 15 is 0 Å². The molecule has 80 valence electrons. The van der Waals surface area contributed by atoms with Gasteiger partial charge in [-0.1, -0.05) is 13.3 Å². The van der Waals surface area contributed by atoms with Gasteiger partial charge >= 0.3 is 0 Å². The molecule has 2 aliphatic rings. The van der Waals surface area contributed by atoms with Gasteiger partial charge in [-0.05, 0) is 25.7 Å². The summed E-state index contributed by atoms with van der Waals surface area (Å²) in [4.78, 5) is 11.9. The first-order valence-electron chi connectivity index (χ1n) is 5.59. The van der Waals surface area contributed by atoms with Crippen LogP contribution in [0.25, 0.3) is 0 Å². The third kappa shape index (κ3) is 1.92. The summed E-state index contributed by atoms with van der Waals surface area (Å²) in [5, 5.41) is 3.14. The Balaban J connectivity index is 1.81. The first-order chi connectivity index (χ1) is 6.71. The van der Waals surface area contributed by atoms with E-state index in [1.807, 2.05) is 0 Å². The van der Waals surface area contributed by atoms with E-state index in [-0.39, 0.29) is 11.3 Å². The van der Waals surface area contributed by atoms with Gasteiger partial charge in [-0.25, -0.2) is 0 Å². The highest BCUT2D eigenvalue weighted by Crippen LogP contribution is 2.40. The monoisotopic (exact) mass is 197 g/mol. The molecule has 1 saturated heterocycles. The number of hydrogen-bond acceptors (Lipinski definition) is 2. The number of carbonyl (C=O) groups is 1. The molecular formula is C11H19NO2. The van der Waals surface area contributed by atoms with Crippen molar-refractivity contribution in [2.75, 3.05) is 13.2 Å². The van der Waals surface area contributed by atoms with Crippen LogP contribution in [-0.4, -0.2) is 25.2 Å². The Labute approximate surface area is 85.2 Å². The largest absolute Gasteiger partial charge is 0.381 e. The highest BCUT2D eigenvalue weighted by molar-refractivity contribution is 5.83. The Morgan fingerprint density at radius 1 is 1.36 bits per heavy atom. The van der Waals surface area contributed by atoms with Crippen molar-refractivity contribution in [3.8, 4) is 0 Å². The summed E-state index contributed by atoms with van der Waals surface area (Å²) in [5.41, 5.74) is -0.0572. The molecule has 3 nitrogen and oxygen atoms in total. The van der Waals surface area contributed by atoms with E-state index < -0.39 is 0 Å². The van der Waals surface area contributed by atoms with E-state index in [4.69, 9.17) is 4.74 Å². The third-order valence-corrected chi connectivity index (χ3v) is 3.56. The van der Waals surface area contributed by atoms with Crippen LogP contribution >= 0.6 is 0 Å². The number of carbonyl (C=O) groups excluding carboxylic acids is 1. The molecule has 1 heterocycles. The Morgan fingerprint density at radius 3 is 2.50 bits per heavy atom. The van der Waals surface area contributed by atoms with Crippen molar-refractivity contribution < 1.29 is 9.53 Å². The molecule has 2 fully saturated rings. The van der Waals surface area contributed by atoms with Gasteiger partial charge in [-0.3, -0.25) is 4.79 Å². The van der Waals surface area contributed by atoms with Crippen molar-refractivity contribution in [2.24, 2.45) is 5.41 Å². The molecule has 0 bridgehead atoms. The summed E-state index contributed by atoms with van der Waals surface area (Å²) in [5.74, 6) is 0.260. The van der Waals surface area contributed by atoms with Crippen LogP contribution in [0.4, 0.5) is 0 Å². The summed E-state index contributed by atoms with van der Waals surface area (Å²) < 4.78 is 5.26. The minimum absolute atomic E-state index is 0.0572. The van der Waals surface area contributed by atoms with Crippen LogP contribution in [-0.2, 0) is 9.53 Å².